The zero-order chi connectivity index (χ0) is 12.8. The average molecular weight is 359 g/mol. The van der Waals surface area contributed by atoms with Crippen LogP contribution in [-0.4, -0.2) is 25.8 Å². The Kier molecular flexibility index (Phi) is 5.92. The minimum atomic E-state index is 0.551. The van der Waals surface area contributed by atoms with E-state index in [2.05, 4.69) is 59.1 Å². The molecule has 1 aromatic rings. The summed E-state index contributed by atoms with van der Waals surface area (Å²) in [6.45, 7) is 5.08. The van der Waals surface area contributed by atoms with Crippen LogP contribution in [0.25, 0.3) is 0 Å². The molecule has 2 unspecified atom stereocenters. The third-order valence-electron chi connectivity index (χ3n) is 3.60. The molecule has 2 rings (SSSR count). The quantitative estimate of drug-likeness (QED) is 0.815. The molecule has 3 heteroatoms. The van der Waals surface area contributed by atoms with Gasteiger partial charge >= 0.3 is 0 Å². The monoisotopic (exact) mass is 359 g/mol. The molecule has 1 saturated heterocycles. The fraction of sp³-hybridized carbons (Fsp3) is 0.600. The molecule has 1 aromatic carbocycles. The molecule has 0 aliphatic carbocycles. The molecule has 0 bridgehead atoms. The zero-order valence-electron chi connectivity index (χ0n) is 11.0. The first-order valence-corrected chi connectivity index (χ1v) is 7.93. The summed E-state index contributed by atoms with van der Waals surface area (Å²) >= 11 is 2.35. The molecule has 0 radical (unpaired) electrons. The van der Waals surface area contributed by atoms with Crippen molar-refractivity contribution >= 4 is 22.6 Å². The van der Waals surface area contributed by atoms with Gasteiger partial charge in [-0.25, -0.2) is 0 Å². The largest absolute Gasteiger partial charge is 0.381 e. The summed E-state index contributed by atoms with van der Waals surface area (Å²) < 4.78 is 6.93. The summed E-state index contributed by atoms with van der Waals surface area (Å²) in [5, 5.41) is 3.63. The van der Waals surface area contributed by atoms with Crippen LogP contribution in [0.2, 0.25) is 0 Å². The molecule has 2 atom stereocenters. The van der Waals surface area contributed by atoms with Gasteiger partial charge in [0.1, 0.15) is 0 Å². The van der Waals surface area contributed by atoms with E-state index in [4.69, 9.17) is 4.74 Å². The minimum absolute atomic E-state index is 0.551. The average Bonchev–Trinajstić information content (AvgIpc) is 2.42. The fourth-order valence-corrected chi connectivity index (χ4v) is 2.98. The van der Waals surface area contributed by atoms with E-state index in [9.17, 15) is 0 Å². The van der Waals surface area contributed by atoms with Crippen molar-refractivity contribution in [1.29, 1.82) is 0 Å². The highest BCUT2D eigenvalue weighted by Gasteiger charge is 2.23. The van der Waals surface area contributed by atoms with Gasteiger partial charge in [0.2, 0.25) is 0 Å². The molecule has 18 heavy (non-hydrogen) atoms. The van der Waals surface area contributed by atoms with Crippen LogP contribution in [0.4, 0.5) is 0 Å². The second kappa shape index (κ2) is 7.46. The highest BCUT2D eigenvalue weighted by molar-refractivity contribution is 14.1. The Morgan fingerprint density at radius 3 is 2.78 bits per heavy atom. The van der Waals surface area contributed by atoms with E-state index in [0.717, 1.165) is 26.2 Å². The summed E-state index contributed by atoms with van der Waals surface area (Å²) in [5.41, 5.74) is 1.42. The Hall–Kier alpha value is -0.130. The Morgan fingerprint density at radius 1 is 1.39 bits per heavy atom. The molecule has 1 fully saturated rings. The van der Waals surface area contributed by atoms with Crippen molar-refractivity contribution in [3.8, 4) is 0 Å². The van der Waals surface area contributed by atoms with Crippen LogP contribution in [-0.2, 0) is 11.2 Å². The molecular weight excluding hydrogens is 337 g/mol. The van der Waals surface area contributed by atoms with Gasteiger partial charge in [-0.1, -0.05) is 19.1 Å². The van der Waals surface area contributed by atoms with Crippen LogP contribution in [0.1, 0.15) is 25.3 Å². The van der Waals surface area contributed by atoms with E-state index in [0.29, 0.717) is 12.0 Å². The van der Waals surface area contributed by atoms with Gasteiger partial charge in [0.15, 0.2) is 0 Å². The summed E-state index contributed by atoms with van der Waals surface area (Å²) in [6, 6.07) is 9.42. The Bertz CT molecular complexity index is 346. The van der Waals surface area contributed by atoms with Gasteiger partial charge in [-0.15, -0.1) is 0 Å². The summed E-state index contributed by atoms with van der Waals surface area (Å²) in [6.07, 6.45) is 3.61. The normalized spacial score (nSPS) is 21.8. The molecule has 1 aliphatic rings. The molecule has 0 amide bonds. The number of halogens is 1. The van der Waals surface area contributed by atoms with Crippen molar-refractivity contribution in [2.45, 2.75) is 32.2 Å². The molecule has 0 aromatic heterocycles. The lowest BCUT2D eigenvalue weighted by Crippen LogP contribution is -2.41. The molecule has 2 nitrogen and oxygen atoms in total. The first-order valence-electron chi connectivity index (χ1n) is 6.85. The smallest absolute Gasteiger partial charge is 0.0509 e. The van der Waals surface area contributed by atoms with Crippen LogP contribution in [0, 0.1) is 9.49 Å². The summed E-state index contributed by atoms with van der Waals surface area (Å²) in [4.78, 5) is 0. The van der Waals surface area contributed by atoms with Crippen LogP contribution in [0.3, 0.4) is 0 Å². The maximum atomic E-state index is 5.63. The lowest BCUT2D eigenvalue weighted by Gasteiger charge is -2.31. The topological polar surface area (TPSA) is 21.3 Å². The van der Waals surface area contributed by atoms with Crippen LogP contribution >= 0.6 is 22.6 Å². The van der Waals surface area contributed by atoms with Gasteiger partial charge in [-0.3, -0.25) is 0 Å². The number of likely N-dealkylation sites (N-methyl/N-ethyl adjacent to an activating group) is 1. The predicted molar refractivity (Wildman–Crippen MR) is 83.9 cm³/mol. The van der Waals surface area contributed by atoms with Gasteiger partial charge in [0.05, 0.1) is 6.61 Å². The van der Waals surface area contributed by atoms with E-state index >= 15 is 0 Å². The minimum Gasteiger partial charge on any atom is -0.381 e. The highest BCUT2D eigenvalue weighted by Crippen LogP contribution is 2.20. The summed E-state index contributed by atoms with van der Waals surface area (Å²) in [7, 11) is 0. The van der Waals surface area contributed by atoms with Crippen molar-refractivity contribution in [2.75, 3.05) is 19.8 Å². The van der Waals surface area contributed by atoms with Crippen molar-refractivity contribution in [3.63, 3.8) is 0 Å². The van der Waals surface area contributed by atoms with Gasteiger partial charge in [0.25, 0.3) is 0 Å². The van der Waals surface area contributed by atoms with Crippen molar-refractivity contribution in [2.24, 2.45) is 5.92 Å². The third-order valence-corrected chi connectivity index (χ3v) is 4.32. The van der Waals surface area contributed by atoms with Crippen LogP contribution in [0.15, 0.2) is 24.3 Å². The number of ether oxygens (including phenoxy) is 1. The van der Waals surface area contributed by atoms with Crippen LogP contribution in [0.5, 0.6) is 0 Å². The second-order valence-electron chi connectivity index (χ2n) is 4.97. The maximum absolute atomic E-state index is 5.63. The first-order chi connectivity index (χ1) is 8.79. The maximum Gasteiger partial charge on any atom is 0.0509 e. The Labute approximate surface area is 124 Å². The molecule has 1 aliphatic heterocycles. The molecular formula is C15H22INO. The number of rotatable bonds is 5. The van der Waals surface area contributed by atoms with Gasteiger partial charge in [-0.2, -0.15) is 0 Å². The predicted octanol–water partition coefficient (Wildman–Crippen LogP) is 3.24. The second-order valence-corrected chi connectivity index (χ2v) is 6.22. The molecule has 0 spiro atoms. The van der Waals surface area contributed by atoms with Gasteiger partial charge < -0.3 is 10.1 Å². The lowest BCUT2D eigenvalue weighted by molar-refractivity contribution is 0.0396. The SMILES string of the molecule is CCNC(Cc1ccc(I)cc1)C1CCCOC1. The van der Waals surface area contributed by atoms with E-state index in [-0.39, 0.29) is 0 Å². The van der Waals surface area contributed by atoms with Gasteiger partial charge in [0, 0.05) is 16.2 Å². The fourth-order valence-electron chi connectivity index (χ4n) is 2.63. The number of benzene rings is 1. The number of hydrogen-bond donors (Lipinski definition) is 1. The van der Waals surface area contributed by atoms with E-state index in [1.807, 2.05) is 0 Å². The van der Waals surface area contributed by atoms with Crippen molar-refractivity contribution in [3.05, 3.63) is 33.4 Å². The molecule has 1 N–H and O–H groups in total. The van der Waals surface area contributed by atoms with E-state index < -0.39 is 0 Å². The van der Waals surface area contributed by atoms with Gasteiger partial charge in [-0.05, 0) is 72.0 Å². The molecule has 100 valence electrons. The Morgan fingerprint density at radius 2 is 2.17 bits per heavy atom. The standard InChI is InChI=1S/C15H22INO/c1-2-17-15(13-4-3-9-18-11-13)10-12-5-7-14(16)8-6-12/h5-8,13,15,17H,2-4,9-11H2,1H3. The van der Waals surface area contributed by atoms with E-state index in [1.165, 1.54) is 22.0 Å². The zero-order valence-corrected chi connectivity index (χ0v) is 13.2. The lowest BCUT2D eigenvalue weighted by atomic mass is 9.89. The van der Waals surface area contributed by atoms with Crippen molar-refractivity contribution < 1.29 is 4.74 Å². The number of hydrogen-bond acceptors (Lipinski definition) is 2. The number of nitrogens with one attached hydrogen (secondary N) is 1. The van der Waals surface area contributed by atoms with Crippen LogP contribution < -0.4 is 5.32 Å². The molecule has 0 saturated carbocycles. The summed E-state index contributed by atoms with van der Waals surface area (Å²) in [5.74, 6) is 0.665. The van der Waals surface area contributed by atoms with Crippen molar-refractivity contribution in [1.82, 2.24) is 5.32 Å². The third kappa shape index (κ3) is 4.21. The Balaban J connectivity index is 1.98. The first kappa shape index (κ1) is 14.3. The molecule has 1 heterocycles. The highest BCUT2D eigenvalue weighted by atomic mass is 127. The van der Waals surface area contributed by atoms with E-state index in [1.54, 1.807) is 0 Å².